The average Bonchev–Trinajstić information content (AvgIpc) is 2.85. The van der Waals surface area contributed by atoms with E-state index >= 15 is 0 Å². The molecule has 0 spiro atoms. The second-order valence-electron chi connectivity index (χ2n) is 4.15. The number of nitrogens with one attached hydrogen (secondary N) is 2. The van der Waals surface area contributed by atoms with Crippen molar-refractivity contribution in [3.63, 3.8) is 0 Å². The molecule has 0 bridgehead atoms. The van der Waals surface area contributed by atoms with Crippen molar-refractivity contribution in [3.05, 3.63) is 11.9 Å². The number of carbonyl (C=O) groups is 1. The number of nitrogens with two attached hydrogens (primary N) is 1. The summed E-state index contributed by atoms with van der Waals surface area (Å²) in [5, 5.41) is 12.7. The van der Waals surface area contributed by atoms with E-state index in [1.807, 2.05) is 0 Å². The van der Waals surface area contributed by atoms with E-state index in [2.05, 4.69) is 20.7 Å². The third-order valence-electron chi connectivity index (χ3n) is 2.56. The van der Waals surface area contributed by atoms with Crippen molar-refractivity contribution in [2.45, 2.75) is 31.7 Å². The number of hydrogen-bond donors (Lipinski definition) is 3. The first-order valence-corrected chi connectivity index (χ1v) is 6.11. The molecule has 1 unspecified atom stereocenters. The van der Waals surface area contributed by atoms with Crippen LogP contribution in [-0.4, -0.2) is 47.6 Å². The van der Waals surface area contributed by atoms with E-state index in [1.165, 1.54) is 0 Å². The summed E-state index contributed by atoms with van der Waals surface area (Å²) in [5.41, 5.74) is 6.85. The molecule has 7 nitrogen and oxygen atoms in total. The second-order valence-corrected chi connectivity index (χ2v) is 4.15. The topological polar surface area (TPSA) is 106 Å². The predicted octanol–water partition coefficient (Wildman–Crippen LogP) is -0.393. The number of aromatic amines is 1. The van der Waals surface area contributed by atoms with Gasteiger partial charge >= 0.3 is 0 Å². The highest BCUT2D eigenvalue weighted by atomic mass is 16.5. The van der Waals surface area contributed by atoms with E-state index in [9.17, 15) is 4.79 Å². The van der Waals surface area contributed by atoms with Gasteiger partial charge in [0, 0.05) is 26.1 Å². The lowest BCUT2D eigenvalue weighted by Crippen LogP contribution is -2.24. The number of hydrogen-bond acceptors (Lipinski definition) is 5. The molecule has 0 aromatic carbocycles. The Balaban J connectivity index is 1.96. The van der Waals surface area contributed by atoms with Crippen LogP contribution in [-0.2, 0) is 16.0 Å². The van der Waals surface area contributed by atoms with E-state index < -0.39 is 0 Å². The number of amides is 1. The fourth-order valence-corrected chi connectivity index (χ4v) is 1.54. The second kappa shape index (κ2) is 8.60. The maximum absolute atomic E-state index is 10.9. The third kappa shape index (κ3) is 6.31. The fraction of sp³-hybridized carbons (Fsp3) is 0.727. The van der Waals surface area contributed by atoms with Gasteiger partial charge in [-0.25, -0.2) is 0 Å². The number of rotatable bonds is 9. The monoisotopic (exact) mass is 255 g/mol. The quantitative estimate of drug-likeness (QED) is 0.521. The van der Waals surface area contributed by atoms with Crippen molar-refractivity contribution in [2.75, 3.05) is 20.3 Å². The normalized spacial score (nSPS) is 12.3. The average molecular weight is 255 g/mol. The first kappa shape index (κ1) is 14.6. The minimum atomic E-state index is -0.0993. The Labute approximate surface area is 106 Å². The van der Waals surface area contributed by atoms with Crippen LogP contribution < -0.4 is 11.1 Å². The molecule has 0 aliphatic rings. The highest BCUT2D eigenvalue weighted by Crippen LogP contribution is 2.04. The number of likely N-dealkylation sites (N-methyl/N-ethyl adjacent to an activating group) is 1. The Bertz CT molecular complexity index is 328. The van der Waals surface area contributed by atoms with Crippen LogP contribution >= 0.6 is 0 Å². The standard InChI is InChI=1S/C11H21N5O2/c1-13-11(17)8-18-5-3-2-4-9(12)6-10-7-14-16-15-10/h7,9H,2-6,8,12H2,1H3,(H,13,17)(H,14,15,16). The van der Waals surface area contributed by atoms with Crippen LogP contribution in [0.3, 0.4) is 0 Å². The van der Waals surface area contributed by atoms with Gasteiger partial charge < -0.3 is 15.8 Å². The molecule has 102 valence electrons. The third-order valence-corrected chi connectivity index (χ3v) is 2.56. The summed E-state index contributed by atoms with van der Waals surface area (Å²) in [6, 6.07) is 0.0917. The molecular weight excluding hydrogens is 234 g/mol. The van der Waals surface area contributed by atoms with Crippen molar-refractivity contribution in [3.8, 4) is 0 Å². The van der Waals surface area contributed by atoms with Gasteiger partial charge in [-0.05, 0) is 19.3 Å². The minimum absolute atomic E-state index is 0.0917. The van der Waals surface area contributed by atoms with Crippen molar-refractivity contribution < 1.29 is 9.53 Å². The van der Waals surface area contributed by atoms with E-state index in [-0.39, 0.29) is 18.6 Å². The van der Waals surface area contributed by atoms with Gasteiger partial charge in [0.1, 0.15) is 6.61 Å². The number of nitrogens with zero attached hydrogens (tertiary/aromatic N) is 2. The first-order valence-electron chi connectivity index (χ1n) is 6.11. The summed E-state index contributed by atoms with van der Waals surface area (Å²) in [6.07, 6.45) is 5.22. The van der Waals surface area contributed by atoms with Crippen molar-refractivity contribution in [1.82, 2.24) is 20.7 Å². The van der Waals surface area contributed by atoms with Crippen LogP contribution in [0.2, 0.25) is 0 Å². The van der Waals surface area contributed by atoms with Crippen molar-refractivity contribution >= 4 is 5.91 Å². The van der Waals surface area contributed by atoms with E-state index in [0.717, 1.165) is 31.4 Å². The molecule has 1 aromatic heterocycles. The summed E-state index contributed by atoms with van der Waals surface area (Å²) in [6.45, 7) is 0.714. The highest BCUT2D eigenvalue weighted by Gasteiger charge is 2.06. The van der Waals surface area contributed by atoms with Gasteiger partial charge in [-0.2, -0.15) is 15.4 Å². The van der Waals surface area contributed by atoms with Crippen LogP contribution in [0, 0.1) is 0 Å². The number of unbranched alkanes of at least 4 members (excludes halogenated alkanes) is 1. The molecule has 1 aromatic rings. The summed E-state index contributed by atoms with van der Waals surface area (Å²) in [5.74, 6) is -0.0993. The van der Waals surface area contributed by atoms with Crippen LogP contribution in [0.25, 0.3) is 0 Å². The maximum atomic E-state index is 10.9. The number of aromatic nitrogens is 3. The van der Waals surface area contributed by atoms with Gasteiger partial charge in [0.05, 0.1) is 11.9 Å². The van der Waals surface area contributed by atoms with Crippen LogP contribution in [0.1, 0.15) is 25.0 Å². The molecule has 0 saturated carbocycles. The zero-order chi connectivity index (χ0) is 13.2. The largest absolute Gasteiger partial charge is 0.372 e. The predicted molar refractivity (Wildman–Crippen MR) is 66.8 cm³/mol. The SMILES string of the molecule is CNC(=O)COCCCCC(N)Cc1cn[nH]n1. The molecule has 0 radical (unpaired) electrons. The van der Waals surface area contributed by atoms with Crippen LogP contribution in [0.5, 0.6) is 0 Å². The van der Waals surface area contributed by atoms with Crippen molar-refractivity contribution in [2.24, 2.45) is 5.73 Å². The molecule has 1 heterocycles. The van der Waals surface area contributed by atoms with Gasteiger partial charge in [0.25, 0.3) is 0 Å². The Morgan fingerprint density at radius 1 is 1.61 bits per heavy atom. The number of H-pyrrole nitrogens is 1. The summed E-state index contributed by atoms with van der Waals surface area (Å²) in [7, 11) is 1.59. The lowest BCUT2D eigenvalue weighted by Gasteiger charge is -2.09. The lowest BCUT2D eigenvalue weighted by atomic mass is 10.1. The molecule has 1 rings (SSSR count). The number of ether oxygens (including phenoxy) is 1. The van der Waals surface area contributed by atoms with Gasteiger partial charge in [-0.3, -0.25) is 4.79 Å². The molecule has 0 saturated heterocycles. The summed E-state index contributed by atoms with van der Waals surface area (Å²) in [4.78, 5) is 10.9. The molecule has 0 aliphatic heterocycles. The fourth-order valence-electron chi connectivity index (χ4n) is 1.54. The molecule has 1 atom stereocenters. The van der Waals surface area contributed by atoms with Gasteiger partial charge in [-0.15, -0.1) is 0 Å². The Hall–Kier alpha value is -1.47. The maximum Gasteiger partial charge on any atom is 0.245 e. The van der Waals surface area contributed by atoms with E-state index in [1.54, 1.807) is 13.2 Å². The van der Waals surface area contributed by atoms with Crippen LogP contribution in [0.4, 0.5) is 0 Å². The zero-order valence-corrected chi connectivity index (χ0v) is 10.7. The summed E-state index contributed by atoms with van der Waals surface area (Å²) < 4.78 is 5.19. The molecule has 7 heteroatoms. The molecule has 4 N–H and O–H groups in total. The van der Waals surface area contributed by atoms with Crippen LogP contribution in [0.15, 0.2) is 6.20 Å². The smallest absolute Gasteiger partial charge is 0.245 e. The Kier molecular flexibility index (Phi) is 6.97. The van der Waals surface area contributed by atoms with Gasteiger partial charge in [0.15, 0.2) is 0 Å². The van der Waals surface area contributed by atoms with Crippen molar-refractivity contribution in [1.29, 1.82) is 0 Å². The summed E-state index contributed by atoms with van der Waals surface area (Å²) >= 11 is 0. The van der Waals surface area contributed by atoms with E-state index in [0.29, 0.717) is 6.61 Å². The molecule has 0 aliphatic carbocycles. The molecule has 1 amide bonds. The van der Waals surface area contributed by atoms with E-state index in [4.69, 9.17) is 10.5 Å². The molecule has 18 heavy (non-hydrogen) atoms. The molecule has 0 fully saturated rings. The number of carbonyl (C=O) groups excluding carboxylic acids is 1. The Morgan fingerprint density at radius 3 is 3.11 bits per heavy atom. The zero-order valence-electron chi connectivity index (χ0n) is 10.7. The minimum Gasteiger partial charge on any atom is -0.372 e. The first-order chi connectivity index (χ1) is 8.72. The molecular formula is C11H21N5O2. The highest BCUT2D eigenvalue weighted by molar-refractivity contribution is 5.76. The lowest BCUT2D eigenvalue weighted by molar-refractivity contribution is -0.125. The van der Waals surface area contributed by atoms with Gasteiger partial charge in [0.2, 0.25) is 5.91 Å². The van der Waals surface area contributed by atoms with Gasteiger partial charge in [-0.1, -0.05) is 0 Å². The Morgan fingerprint density at radius 2 is 2.44 bits per heavy atom.